The molecule has 0 atom stereocenters. The monoisotopic (exact) mass is 374 g/mol. The van der Waals surface area contributed by atoms with Gasteiger partial charge in [-0.15, -0.1) is 0 Å². The molecule has 1 amide bonds. The molecule has 0 bridgehead atoms. The number of carbonyl (C=O) groups is 2. The minimum atomic E-state index is -1.20. The number of aromatic nitrogens is 1. The maximum atomic E-state index is 11.7. The SMILES string of the molecule is O=C(O)CNC(=O)c1ncc(C#CCOCc2ccc(Cl)cc2)cc1O. The second-order valence-electron chi connectivity index (χ2n) is 5.09. The molecule has 3 N–H and O–H groups in total. The number of carbonyl (C=O) groups excluding carboxylic acids is 1. The molecule has 134 valence electrons. The third kappa shape index (κ3) is 6.09. The van der Waals surface area contributed by atoms with E-state index in [1.807, 2.05) is 12.1 Å². The van der Waals surface area contributed by atoms with Crippen LogP contribution in [-0.4, -0.2) is 40.2 Å². The molecule has 0 fully saturated rings. The summed E-state index contributed by atoms with van der Waals surface area (Å²) < 4.78 is 5.41. The van der Waals surface area contributed by atoms with Crippen molar-refractivity contribution in [2.24, 2.45) is 0 Å². The van der Waals surface area contributed by atoms with E-state index in [0.717, 1.165) is 5.56 Å². The van der Waals surface area contributed by atoms with Gasteiger partial charge in [0.2, 0.25) is 0 Å². The number of rotatable bonds is 6. The number of nitrogens with zero attached hydrogens (tertiary/aromatic N) is 1. The van der Waals surface area contributed by atoms with Crippen molar-refractivity contribution in [1.29, 1.82) is 0 Å². The first kappa shape index (κ1) is 19.2. The van der Waals surface area contributed by atoms with Crippen molar-refractivity contribution in [3.63, 3.8) is 0 Å². The Morgan fingerprint density at radius 2 is 2.00 bits per heavy atom. The summed E-state index contributed by atoms with van der Waals surface area (Å²) in [5.41, 5.74) is 1.09. The molecule has 2 rings (SSSR count). The highest BCUT2D eigenvalue weighted by Crippen LogP contribution is 2.15. The standard InChI is InChI=1S/C18H15ClN2O5/c19-14-5-3-12(4-6-14)11-26-7-1-2-13-8-15(22)17(20-9-13)18(25)21-10-16(23)24/h3-6,8-9,22H,7,10-11H2,(H,21,25)(H,23,24). The Hall–Kier alpha value is -3.08. The van der Waals surface area contributed by atoms with Crippen LogP contribution < -0.4 is 5.32 Å². The van der Waals surface area contributed by atoms with Crippen molar-refractivity contribution in [1.82, 2.24) is 10.3 Å². The number of hydrogen-bond donors (Lipinski definition) is 3. The second-order valence-corrected chi connectivity index (χ2v) is 5.53. The van der Waals surface area contributed by atoms with Gasteiger partial charge in [-0.1, -0.05) is 35.6 Å². The number of pyridine rings is 1. The molecule has 0 saturated carbocycles. The van der Waals surface area contributed by atoms with E-state index in [9.17, 15) is 14.7 Å². The fraction of sp³-hybridized carbons (Fsp3) is 0.167. The number of aliphatic carboxylic acids is 1. The molecular weight excluding hydrogens is 360 g/mol. The highest BCUT2D eigenvalue weighted by atomic mass is 35.5. The van der Waals surface area contributed by atoms with E-state index in [-0.39, 0.29) is 18.1 Å². The number of amides is 1. The number of hydrogen-bond acceptors (Lipinski definition) is 5. The smallest absolute Gasteiger partial charge is 0.322 e. The Kier molecular flexibility index (Phi) is 6.97. The maximum Gasteiger partial charge on any atom is 0.322 e. The van der Waals surface area contributed by atoms with Crippen LogP contribution in [0.15, 0.2) is 36.5 Å². The summed E-state index contributed by atoms with van der Waals surface area (Å²) in [4.78, 5) is 25.9. The molecule has 1 aromatic carbocycles. The molecule has 1 aromatic heterocycles. The van der Waals surface area contributed by atoms with Crippen LogP contribution in [0.5, 0.6) is 5.75 Å². The van der Waals surface area contributed by atoms with E-state index in [0.29, 0.717) is 17.2 Å². The zero-order valence-electron chi connectivity index (χ0n) is 13.5. The first-order valence-corrected chi connectivity index (χ1v) is 7.83. The van der Waals surface area contributed by atoms with Crippen LogP contribution in [0.2, 0.25) is 5.02 Å². The summed E-state index contributed by atoms with van der Waals surface area (Å²) in [5.74, 6) is 3.16. The number of nitrogens with one attached hydrogen (secondary N) is 1. The highest BCUT2D eigenvalue weighted by Gasteiger charge is 2.13. The van der Waals surface area contributed by atoms with E-state index in [1.54, 1.807) is 12.1 Å². The third-order valence-corrected chi connectivity index (χ3v) is 3.32. The maximum absolute atomic E-state index is 11.7. The number of aromatic hydroxyl groups is 1. The van der Waals surface area contributed by atoms with Gasteiger partial charge < -0.3 is 20.3 Å². The molecule has 0 unspecified atom stereocenters. The van der Waals surface area contributed by atoms with Gasteiger partial charge in [0.1, 0.15) is 18.9 Å². The highest BCUT2D eigenvalue weighted by molar-refractivity contribution is 6.30. The predicted octanol–water partition coefficient (Wildman–Crippen LogP) is 1.82. The Labute approximate surface area is 154 Å². The van der Waals surface area contributed by atoms with Crippen LogP contribution in [-0.2, 0) is 16.1 Å². The molecule has 0 saturated heterocycles. The molecule has 0 aliphatic rings. The fourth-order valence-corrected chi connectivity index (χ4v) is 2.00. The van der Waals surface area contributed by atoms with E-state index in [2.05, 4.69) is 22.1 Å². The van der Waals surface area contributed by atoms with Crippen molar-refractivity contribution in [2.75, 3.05) is 13.2 Å². The number of benzene rings is 1. The molecular formula is C18H15ClN2O5. The number of halogens is 1. The van der Waals surface area contributed by atoms with Gasteiger partial charge >= 0.3 is 5.97 Å². The summed E-state index contributed by atoms with van der Waals surface area (Å²) in [6, 6.07) is 8.52. The van der Waals surface area contributed by atoms with Crippen molar-refractivity contribution in [3.8, 4) is 17.6 Å². The summed E-state index contributed by atoms with van der Waals surface area (Å²) in [5, 5.41) is 21.1. The molecule has 1 heterocycles. The summed E-state index contributed by atoms with van der Waals surface area (Å²) in [7, 11) is 0. The summed E-state index contributed by atoms with van der Waals surface area (Å²) in [6.45, 7) is -0.00522. The van der Waals surface area contributed by atoms with Crippen LogP contribution in [0, 0.1) is 11.8 Å². The van der Waals surface area contributed by atoms with Gasteiger partial charge in [-0.05, 0) is 23.8 Å². The second kappa shape index (κ2) is 9.42. The zero-order valence-corrected chi connectivity index (χ0v) is 14.3. The minimum absolute atomic E-state index is 0.171. The van der Waals surface area contributed by atoms with Crippen LogP contribution in [0.3, 0.4) is 0 Å². The van der Waals surface area contributed by atoms with E-state index in [1.165, 1.54) is 12.3 Å². The van der Waals surface area contributed by atoms with Crippen molar-refractivity contribution < 1.29 is 24.5 Å². The van der Waals surface area contributed by atoms with Crippen molar-refractivity contribution in [3.05, 3.63) is 58.4 Å². The molecule has 2 aromatic rings. The van der Waals surface area contributed by atoms with Crippen LogP contribution in [0.1, 0.15) is 21.6 Å². The van der Waals surface area contributed by atoms with Gasteiger partial charge in [-0.2, -0.15) is 0 Å². The summed E-state index contributed by atoms with van der Waals surface area (Å²) >= 11 is 5.80. The normalized spacial score (nSPS) is 9.88. The lowest BCUT2D eigenvalue weighted by Crippen LogP contribution is -2.29. The van der Waals surface area contributed by atoms with Gasteiger partial charge in [0, 0.05) is 16.8 Å². The average Bonchev–Trinajstić information content (AvgIpc) is 2.61. The molecule has 0 spiro atoms. The Morgan fingerprint density at radius 1 is 1.27 bits per heavy atom. The lowest BCUT2D eigenvalue weighted by atomic mass is 10.2. The fourth-order valence-electron chi connectivity index (χ4n) is 1.87. The molecule has 0 aliphatic carbocycles. The Morgan fingerprint density at radius 3 is 2.65 bits per heavy atom. The average molecular weight is 375 g/mol. The Bertz CT molecular complexity index is 856. The molecule has 8 heteroatoms. The quantitative estimate of drug-likeness (QED) is 0.525. The lowest BCUT2D eigenvalue weighted by molar-refractivity contribution is -0.135. The largest absolute Gasteiger partial charge is 0.505 e. The molecule has 7 nitrogen and oxygen atoms in total. The van der Waals surface area contributed by atoms with Crippen molar-refractivity contribution >= 4 is 23.5 Å². The lowest BCUT2D eigenvalue weighted by Gasteiger charge is -2.04. The Balaban J connectivity index is 1.87. The summed E-state index contributed by atoms with van der Waals surface area (Å²) in [6.07, 6.45) is 1.31. The van der Waals surface area contributed by atoms with Gasteiger partial charge in [0.15, 0.2) is 5.69 Å². The predicted molar refractivity (Wildman–Crippen MR) is 93.9 cm³/mol. The first-order valence-electron chi connectivity index (χ1n) is 7.46. The number of ether oxygens (including phenoxy) is 1. The topological polar surface area (TPSA) is 109 Å². The van der Waals surface area contributed by atoms with Gasteiger partial charge in [-0.3, -0.25) is 9.59 Å². The van der Waals surface area contributed by atoms with Gasteiger partial charge in [-0.25, -0.2) is 4.98 Å². The third-order valence-electron chi connectivity index (χ3n) is 3.07. The number of carboxylic acid groups (broad SMARTS) is 1. The van der Waals surface area contributed by atoms with Gasteiger partial charge in [0.25, 0.3) is 5.91 Å². The van der Waals surface area contributed by atoms with E-state index >= 15 is 0 Å². The van der Waals surface area contributed by atoms with Crippen LogP contribution in [0.4, 0.5) is 0 Å². The minimum Gasteiger partial charge on any atom is -0.505 e. The molecule has 26 heavy (non-hydrogen) atoms. The van der Waals surface area contributed by atoms with Crippen LogP contribution in [0.25, 0.3) is 0 Å². The molecule has 0 aliphatic heterocycles. The van der Waals surface area contributed by atoms with Crippen molar-refractivity contribution in [2.45, 2.75) is 6.61 Å². The number of carboxylic acids is 1. The van der Waals surface area contributed by atoms with E-state index in [4.69, 9.17) is 21.4 Å². The zero-order chi connectivity index (χ0) is 18.9. The first-order chi connectivity index (χ1) is 12.5. The molecule has 0 radical (unpaired) electrons. The van der Waals surface area contributed by atoms with E-state index < -0.39 is 18.4 Å². The van der Waals surface area contributed by atoms with Crippen LogP contribution >= 0.6 is 11.6 Å². The van der Waals surface area contributed by atoms with Gasteiger partial charge in [0.05, 0.1) is 6.61 Å².